The number of nitrogens with one attached hydrogen (secondary N) is 2. The van der Waals surface area contributed by atoms with E-state index in [1.165, 1.54) is 7.11 Å². The van der Waals surface area contributed by atoms with Gasteiger partial charge in [0.1, 0.15) is 28.4 Å². The van der Waals surface area contributed by atoms with Gasteiger partial charge in [0, 0.05) is 5.56 Å². The number of carbonyl (C=O) groups is 1. The maximum Gasteiger partial charge on any atom is 0.261 e. The molecule has 10 heteroatoms. The van der Waals surface area contributed by atoms with Gasteiger partial charge in [-0.05, 0) is 24.3 Å². The molecule has 28 heavy (non-hydrogen) atoms. The van der Waals surface area contributed by atoms with Gasteiger partial charge in [0.25, 0.3) is 5.91 Å². The van der Waals surface area contributed by atoms with E-state index < -0.39 is 0 Å². The summed E-state index contributed by atoms with van der Waals surface area (Å²) in [6.45, 7) is 1.68. The third-order valence-electron chi connectivity index (χ3n) is 4.01. The number of benzene rings is 1. The topological polar surface area (TPSA) is 132 Å². The van der Waals surface area contributed by atoms with Crippen LogP contribution in [0.2, 0.25) is 0 Å². The van der Waals surface area contributed by atoms with Crippen molar-refractivity contribution in [2.75, 3.05) is 12.4 Å². The van der Waals surface area contributed by atoms with Crippen LogP contribution in [0.4, 0.5) is 5.69 Å². The van der Waals surface area contributed by atoms with Gasteiger partial charge in [-0.1, -0.05) is 35.5 Å². The maximum atomic E-state index is 12.9. The second-order valence-electron chi connectivity index (χ2n) is 5.77. The smallest absolute Gasteiger partial charge is 0.261 e. The molecule has 2 N–H and O–H groups in total. The van der Waals surface area contributed by atoms with E-state index in [0.29, 0.717) is 34.2 Å². The van der Waals surface area contributed by atoms with Gasteiger partial charge in [0.15, 0.2) is 0 Å². The molecule has 0 aliphatic carbocycles. The maximum absolute atomic E-state index is 12.9. The van der Waals surface area contributed by atoms with Crippen LogP contribution in [0.15, 0.2) is 47.0 Å². The second-order valence-corrected chi connectivity index (χ2v) is 5.77. The number of aromatic nitrogens is 6. The first-order valence-electron chi connectivity index (χ1n) is 8.29. The number of nitrogens with zero attached hydrogens (tertiary/aromatic N) is 5. The molecule has 0 fully saturated rings. The molecule has 4 aromatic rings. The minimum Gasteiger partial charge on any atom is -0.479 e. The minimum absolute atomic E-state index is 0.214. The molecule has 1 aromatic carbocycles. The first kappa shape index (κ1) is 17.3. The van der Waals surface area contributed by atoms with E-state index in [9.17, 15) is 4.79 Å². The molecule has 10 nitrogen and oxygen atoms in total. The zero-order valence-corrected chi connectivity index (χ0v) is 15.0. The van der Waals surface area contributed by atoms with E-state index >= 15 is 0 Å². The molecule has 0 aliphatic heterocycles. The summed E-state index contributed by atoms with van der Waals surface area (Å²) in [5.41, 5.74) is 2.43. The molecule has 1 amide bonds. The molecule has 3 heterocycles. The number of ether oxygens (including phenoxy) is 1. The number of rotatable bonds is 5. The molecule has 0 saturated heterocycles. The highest BCUT2D eigenvalue weighted by atomic mass is 16.5. The lowest BCUT2D eigenvalue weighted by Crippen LogP contribution is -2.14. The van der Waals surface area contributed by atoms with Crippen LogP contribution in [0.1, 0.15) is 16.1 Å². The van der Waals surface area contributed by atoms with Crippen LogP contribution in [-0.4, -0.2) is 43.8 Å². The van der Waals surface area contributed by atoms with Crippen molar-refractivity contribution in [3.8, 4) is 28.7 Å². The molecule has 0 spiro atoms. The Morgan fingerprint density at radius 3 is 2.71 bits per heavy atom. The third-order valence-corrected chi connectivity index (χ3v) is 4.01. The number of hydrogen-bond acceptors (Lipinski definition) is 8. The van der Waals surface area contributed by atoms with E-state index in [1.807, 2.05) is 30.3 Å². The molecule has 0 radical (unpaired) electrons. The first-order chi connectivity index (χ1) is 13.7. The lowest BCUT2D eigenvalue weighted by atomic mass is 10.1. The van der Waals surface area contributed by atoms with Crippen molar-refractivity contribution in [3.63, 3.8) is 0 Å². The summed E-state index contributed by atoms with van der Waals surface area (Å²) in [6, 6.07) is 12.6. The summed E-state index contributed by atoms with van der Waals surface area (Å²) in [7, 11) is 1.46. The lowest BCUT2D eigenvalue weighted by Gasteiger charge is -2.10. The van der Waals surface area contributed by atoms with E-state index in [2.05, 4.69) is 36.1 Å². The third kappa shape index (κ3) is 3.18. The molecule has 4 rings (SSSR count). The van der Waals surface area contributed by atoms with Crippen LogP contribution in [-0.2, 0) is 0 Å². The predicted octanol–water partition coefficient (Wildman–Crippen LogP) is 2.49. The summed E-state index contributed by atoms with van der Waals surface area (Å²) in [6.07, 6.45) is 0. The Kier molecular flexibility index (Phi) is 4.50. The SMILES string of the molecule is COc1nc(-c2nn[nH]n2)ccc1NC(=O)c1c(-c2ccccc2)noc1C. The number of H-pyrrole nitrogens is 1. The average Bonchev–Trinajstić information content (AvgIpc) is 3.39. The monoisotopic (exact) mass is 377 g/mol. The molecular formula is C18H15N7O3. The van der Waals surface area contributed by atoms with E-state index in [0.717, 1.165) is 5.56 Å². The van der Waals surface area contributed by atoms with Gasteiger partial charge in [-0.25, -0.2) is 4.98 Å². The summed E-state index contributed by atoms with van der Waals surface area (Å²) in [5, 5.41) is 20.4. The Labute approximate surface area is 158 Å². The normalized spacial score (nSPS) is 10.6. The predicted molar refractivity (Wildman–Crippen MR) is 98.6 cm³/mol. The number of carbonyl (C=O) groups excluding carboxylic acids is 1. The van der Waals surface area contributed by atoms with Crippen molar-refractivity contribution in [1.82, 2.24) is 30.8 Å². The number of pyridine rings is 1. The van der Waals surface area contributed by atoms with Crippen molar-refractivity contribution in [1.29, 1.82) is 0 Å². The molecule has 0 bridgehead atoms. The summed E-state index contributed by atoms with van der Waals surface area (Å²) in [5.74, 6) is 0.556. The van der Waals surface area contributed by atoms with Crippen molar-refractivity contribution in [2.45, 2.75) is 6.92 Å². The second kappa shape index (κ2) is 7.27. The van der Waals surface area contributed by atoms with Crippen LogP contribution >= 0.6 is 0 Å². The quantitative estimate of drug-likeness (QED) is 0.542. The van der Waals surface area contributed by atoms with Crippen LogP contribution in [0.5, 0.6) is 5.88 Å². The standard InChI is InChI=1S/C18H15N7O3/c1-10-14(15(23-28-10)11-6-4-3-5-7-11)17(26)19-13-9-8-12(20-18(13)27-2)16-21-24-25-22-16/h3-9H,1-2H3,(H,19,26)(H,21,22,24,25). The molecule has 3 aromatic heterocycles. The Morgan fingerprint density at radius 2 is 2.00 bits per heavy atom. The van der Waals surface area contributed by atoms with Crippen molar-refractivity contribution in [2.24, 2.45) is 0 Å². The van der Waals surface area contributed by atoms with Crippen LogP contribution < -0.4 is 10.1 Å². The number of hydrogen-bond donors (Lipinski definition) is 2. The van der Waals surface area contributed by atoms with Crippen molar-refractivity contribution >= 4 is 11.6 Å². The fraction of sp³-hybridized carbons (Fsp3) is 0.111. The zero-order chi connectivity index (χ0) is 19.5. The highest BCUT2D eigenvalue weighted by Gasteiger charge is 2.23. The Morgan fingerprint density at radius 1 is 1.18 bits per heavy atom. The fourth-order valence-electron chi connectivity index (χ4n) is 2.70. The van der Waals surface area contributed by atoms with Crippen molar-refractivity contribution in [3.05, 3.63) is 53.8 Å². The summed E-state index contributed by atoms with van der Waals surface area (Å²) < 4.78 is 10.5. The number of methoxy groups -OCH3 is 1. The van der Waals surface area contributed by atoms with Gasteiger partial charge in [-0.15, -0.1) is 10.2 Å². The Balaban J connectivity index is 1.65. The van der Waals surface area contributed by atoms with Crippen LogP contribution in [0.25, 0.3) is 22.8 Å². The van der Waals surface area contributed by atoms with Crippen LogP contribution in [0.3, 0.4) is 0 Å². The lowest BCUT2D eigenvalue weighted by molar-refractivity contribution is 0.102. The number of amides is 1. The molecule has 0 unspecified atom stereocenters. The summed E-state index contributed by atoms with van der Waals surface area (Å²) in [4.78, 5) is 17.2. The number of tetrazole rings is 1. The Hall–Kier alpha value is -4.08. The van der Waals surface area contributed by atoms with Gasteiger partial charge < -0.3 is 14.6 Å². The van der Waals surface area contributed by atoms with E-state index in [4.69, 9.17) is 9.26 Å². The number of anilines is 1. The molecular weight excluding hydrogens is 362 g/mol. The molecule has 140 valence electrons. The molecule has 0 aliphatic rings. The molecule has 0 atom stereocenters. The van der Waals surface area contributed by atoms with Gasteiger partial charge in [0.05, 0.1) is 7.11 Å². The van der Waals surface area contributed by atoms with Gasteiger partial charge in [-0.3, -0.25) is 4.79 Å². The Bertz CT molecular complexity index is 1110. The largest absolute Gasteiger partial charge is 0.479 e. The zero-order valence-electron chi connectivity index (χ0n) is 15.0. The molecule has 0 saturated carbocycles. The summed E-state index contributed by atoms with van der Waals surface area (Å²) >= 11 is 0. The highest BCUT2D eigenvalue weighted by Crippen LogP contribution is 2.29. The minimum atomic E-state index is -0.384. The fourth-order valence-corrected chi connectivity index (χ4v) is 2.70. The van der Waals surface area contributed by atoms with Gasteiger partial charge in [0.2, 0.25) is 11.7 Å². The first-order valence-corrected chi connectivity index (χ1v) is 8.29. The highest BCUT2D eigenvalue weighted by molar-refractivity contribution is 6.09. The van der Waals surface area contributed by atoms with Gasteiger partial charge in [-0.2, -0.15) is 5.21 Å². The van der Waals surface area contributed by atoms with Crippen molar-refractivity contribution < 1.29 is 14.1 Å². The number of aromatic amines is 1. The van der Waals surface area contributed by atoms with E-state index in [-0.39, 0.29) is 11.8 Å². The average molecular weight is 377 g/mol. The van der Waals surface area contributed by atoms with Crippen LogP contribution in [0, 0.1) is 6.92 Å². The number of aryl methyl sites for hydroxylation is 1. The van der Waals surface area contributed by atoms with E-state index in [1.54, 1.807) is 19.1 Å². The van der Waals surface area contributed by atoms with Gasteiger partial charge >= 0.3 is 0 Å².